The highest BCUT2D eigenvalue weighted by molar-refractivity contribution is 5.91. The maximum atomic E-state index is 11.9. The van der Waals surface area contributed by atoms with Gasteiger partial charge in [0, 0.05) is 0 Å². The Hall–Kier alpha value is -2.09. The Balaban J connectivity index is 1.99. The van der Waals surface area contributed by atoms with Crippen LogP contribution in [0, 0.1) is 6.07 Å². The Morgan fingerprint density at radius 3 is 2.42 bits per heavy atom. The fourth-order valence-corrected chi connectivity index (χ4v) is 1.79. The van der Waals surface area contributed by atoms with E-state index >= 15 is 0 Å². The molecule has 0 aliphatic rings. The van der Waals surface area contributed by atoms with Gasteiger partial charge < -0.3 is 4.74 Å². The van der Waals surface area contributed by atoms with Gasteiger partial charge in [0.15, 0.2) is 0 Å². The first-order valence-corrected chi connectivity index (χ1v) is 6.57. The predicted octanol–water partition coefficient (Wildman–Crippen LogP) is 4.05. The summed E-state index contributed by atoms with van der Waals surface area (Å²) in [5.74, 6) is 0.215. The zero-order valence-electron chi connectivity index (χ0n) is 11.1. The SMILES string of the molecule is CCCCc1ccc(C(=O)Oc2cc[c]cc2)cc1. The molecule has 0 spiro atoms. The molecule has 2 rings (SSSR count). The molecule has 2 heteroatoms. The van der Waals surface area contributed by atoms with Crippen LogP contribution in [0.4, 0.5) is 0 Å². The molecular weight excluding hydrogens is 236 g/mol. The standard InChI is InChI=1S/C17H17O2/c1-2-3-7-14-10-12-15(13-11-14)17(18)19-16-8-5-4-6-9-16/h5-6,8-13H,2-3,7H2,1H3. The van der Waals surface area contributed by atoms with Crippen molar-refractivity contribution in [2.75, 3.05) is 0 Å². The van der Waals surface area contributed by atoms with Crippen LogP contribution in [0.25, 0.3) is 0 Å². The maximum Gasteiger partial charge on any atom is 0.343 e. The maximum absolute atomic E-state index is 11.9. The first kappa shape index (κ1) is 13.3. The van der Waals surface area contributed by atoms with Gasteiger partial charge in [0.25, 0.3) is 0 Å². The molecule has 2 nitrogen and oxygen atoms in total. The third kappa shape index (κ3) is 3.95. The number of benzene rings is 2. The second-order valence-corrected chi connectivity index (χ2v) is 4.43. The molecule has 0 bridgehead atoms. The van der Waals surface area contributed by atoms with E-state index in [1.165, 1.54) is 18.4 Å². The molecule has 0 aliphatic heterocycles. The van der Waals surface area contributed by atoms with E-state index in [1.807, 2.05) is 24.3 Å². The highest BCUT2D eigenvalue weighted by atomic mass is 16.5. The molecule has 0 N–H and O–H groups in total. The normalized spacial score (nSPS) is 10.2. The average molecular weight is 253 g/mol. The Morgan fingerprint density at radius 1 is 1.11 bits per heavy atom. The minimum absolute atomic E-state index is 0.326. The van der Waals surface area contributed by atoms with Crippen molar-refractivity contribution in [1.29, 1.82) is 0 Å². The molecule has 0 saturated carbocycles. The van der Waals surface area contributed by atoms with Crippen LogP contribution in [0.15, 0.2) is 48.5 Å². The molecule has 0 fully saturated rings. The number of unbranched alkanes of at least 4 members (excludes halogenated alkanes) is 1. The smallest absolute Gasteiger partial charge is 0.343 e. The molecule has 0 atom stereocenters. The molecular formula is C17H17O2. The molecule has 0 amide bonds. The van der Waals surface area contributed by atoms with Crippen LogP contribution in [0.2, 0.25) is 0 Å². The van der Waals surface area contributed by atoms with Gasteiger partial charge in [0.05, 0.1) is 5.56 Å². The van der Waals surface area contributed by atoms with Gasteiger partial charge in [-0.1, -0.05) is 37.6 Å². The number of carbonyl (C=O) groups is 1. The number of aryl methyl sites for hydroxylation is 1. The molecule has 0 aliphatic carbocycles. The van der Waals surface area contributed by atoms with Crippen molar-refractivity contribution in [2.45, 2.75) is 26.2 Å². The summed E-state index contributed by atoms with van der Waals surface area (Å²) >= 11 is 0. The first-order chi connectivity index (χ1) is 9.29. The van der Waals surface area contributed by atoms with Gasteiger partial charge in [-0.2, -0.15) is 0 Å². The number of ether oxygens (including phenoxy) is 1. The van der Waals surface area contributed by atoms with Gasteiger partial charge in [-0.15, -0.1) is 0 Å². The first-order valence-electron chi connectivity index (χ1n) is 6.57. The summed E-state index contributed by atoms with van der Waals surface area (Å²) in [6.45, 7) is 2.17. The van der Waals surface area contributed by atoms with Gasteiger partial charge in [0.1, 0.15) is 5.75 Å². The number of hydrogen-bond donors (Lipinski definition) is 0. The average Bonchev–Trinajstić information content (AvgIpc) is 2.46. The number of rotatable bonds is 5. The van der Waals surface area contributed by atoms with Gasteiger partial charge >= 0.3 is 5.97 Å². The monoisotopic (exact) mass is 253 g/mol. The molecule has 97 valence electrons. The summed E-state index contributed by atoms with van der Waals surface area (Å²) < 4.78 is 5.26. The number of esters is 1. The highest BCUT2D eigenvalue weighted by Gasteiger charge is 2.07. The molecule has 0 saturated heterocycles. The third-order valence-electron chi connectivity index (χ3n) is 2.91. The van der Waals surface area contributed by atoms with Crippen molar-refractivity contribution in [1.82, 2.24) is 0 Å². The van der Waals surface area contributed by atoms with Crippen LogP contribution >= 0.6 is 0 Å². The van der Waals surface area contributed by atoms with E-state index in [4.69, 9.17) is 4.74 Å². The minimum Gasteiger partial charge on any atom is -0.423 e. The summed E-state index contributed by atoms with van der Waals surface area (Å²) in [5.41, 5.74) is 1.83. The molecule has 0 heterocycles. The summed E-state index contributed by atoms with van der Waals surface area (Å²) in [6, 6.07) is 17.4. The van der Waals surface area contributed by atoms with Crippen molar-refractivity contribution < 1.29 is 9.53 Å². The lowest BCUT2D eigenvalue weighted by Gasteiger charge is -2.05. The fraction of sp³-hybridized carbons (Fsp3) is 0.235. The van der Waals surface area contributed by atoms with E-state index in [2.05, 4.69) is 13.0 Å². The summed E-state index contributed by atoms with van der Waals surface area (Å²) in [5, 5.41) is 0. The van der Waals surface area contributed by atoms with Crippen LogP contribution in [-0.4, -0.2) is 5.97 Å². The van der Waals surface area contributed by atoms with Crippen LogP contribution in [-0.2, 0) is 6.42 Å². The van der Waals surface area contributed by atoms with Crippen LogP contribution in [0.5, 0.6) is 5.75 Å². The van der Waals surface area contributed by atoms with Crippen molar-refractivity contribution in [2.24, 2.45) is 0 Å². The Morgan fingerprint density at radius 2 is 1.79 bits per heavy atom. The van der Waals surface area contributed by atoms with Crippen LogP contribution in [0.1, 0.15) is 35.7 Å². The Bertz CT molecular complexity index is 515. The summed E-state index contributed by atoms with van der Waals surface area (Å²) in [7, 11) is 0. The van der Waals surface area contributed by atoms with Crippen molar-refractivity contribution in [3.8, 4) is 5.75 Å². The van der Waals surface area contributed by atoms with Gasteiger partial charge in [-0.05, 0) is 48.7 Å². The molecule has 0 aromatic heterocycles. The lowest BCUT2D eigenvalue weighted by Crippen LogP contribution is -2.08. The van der Waals surface area contributed by atoms with E-state index in [9.17, 15) is 4.79 Å². The van der Waals surface area contributed by atoms with Crippen LogP contribution < -0.4 is 4.74 Å². The quantitative estimate of drug-likeness (QED) is 0.593. The second-order valence-electron chi connectivity index (χ2n) is 4.43. The Kier molecular flexibility index (Phi) is 4.73. The molecule has 0 unspecified atom stereocenters. The van der Waals surface area contributed by atoms with Crippen molar-refractivity contribution in [3.05, 3.63) is 65.7 Å². The van der Waals surface area contributed by atoms with Crippen LogP contribution in [0.3, 0.4) is 0 Å². The van der Waals surface area contributed by atoms with Crippen molar-refractivity contribution >= 4 is 5.97 Å². The molecule has 19 heavy (non-hydrogen) atoms. The highest BCUT2D eigenvalue weighted by Crippen LogP contribution is 2.13. The topological polar surface area (TPSA) is 26.3 Å². The Labute approximate surface area is 114 Å². The van der Waals surface area contributed by atoms with Gasteiger partial charge in [0.2, 0.25) is 0 Å². The summed E-state index contributed by atoms with van der Waals surface area (Å²) in [4.78, 5) is 11.9. The van der Waals surface area contributed by atoms with E-state index in [0.717, 1.165) is 6.42 Å². The van der Waals surface area contributed by atoms with E-state index < -0.39 is 0 Å². The lowest BCUT2D eigenvalue weighted by atomic mass is 10.1. The minimum atomic E-state index is -0.326. The molecule has 2 aromatic rings. The van der Waals surface area contributed by atoms with Gasteiger partial charge in [-0.3, -0.25) is 0 Å². The van der Waals surface area contributed by atoms with Gasteiger partial charge in [-0.25, -0.2) is 4.79 Å². The largest absolute Gasteiger partial charge is 0.423 e. The summed E-state index contributed by atoms with van der Waals surface area (Å²) in [6.07, 6.45) is 3.40. The lowest BCUT2D eigenvalue weighted by molar-refractivity contribution is 0.0735. The second kappa shape index (κ2) is 6.74. The molecule has 2 aromatic carbocycles. The van der Waals surface area contributed by atoms with E-state index in [-0.39, 0.29) is 5.97 Å². The number of hydrogen-bond acceptors (Lipinski definition) is 2. The zero-order chi connectivity index (χ0) is 13.5. The predicted molar refractivity (Wildman–Crippen MR) is 75.3 cm³/mol. The third-order valence-corrected chi connectivity index (χ3v) is 2.91. The molecule has 1 radical (unpaired) electrons. The zero-order valence-corrected chi connectivity index (χ0v) is 11.1. The van der Waals surface area contributed by atoms with E-state index in [1.54, 1.807) is 24.3 Å². The fourth-order valence-electron chi connectivity index (χ4n) is 1.79. The number of carbonyl (C=O) groups excluding carboxylic acids is 1. The van der Waals surface area contributed by atoms with E-state index in [0.29, 0.717) is 11.3 Å². The van der Waals surface area contributed by atoms with Crippen molar-refractivity contribution in [3.63, 3.8) is 0 Å².